The van der Waals surface area contributed by atoms with Crippen LogP contribution in [0.4, 0.5) is 5.69 Å². The van der Waals surface area contributed by atoms with Crippen LogP contribution in [0.1, 0.15) is 16.1 Å². The smallest absolute Gasteiger partial charge is 0.272 e. The first-order valence-corrected chi connectivity index (χ1v) is 7.00. The first-order valence-electron chi connectivity index (χ1n) is 7.00. The van der Waals surface area contributed by atoms with E-state index in [1.54, 1.807) is 36.4 Å². The highest BCUT2D eigenvalue weighted by Gasteiger charge is 2.12. The standard InChI is InChI=1S/C16H13N5O3/c22-15(8-7-12-4-3-9-24-12)19-14-6-2-1-5-13(14)16(23)20-21-10-17-18-11-21/h1-11H,(H,19,22)(H,20,23)/b8-7+. The molecule has 3 rings (SSSR count). The molecule has 0 fully saturated rings. The molecule has 8 nitrogen and oxygen atoms in total. The summed E-state index contributed by atoms with van der Waals surface area (Å²) in [6.07, 6.45) is 7.08. The number of para-hydroxylation sites is 1. The lowest BCUT2D eigenvalue weighted by atomic mass is 10.1. The summed E-state index contributed by atoms with van der Waals surface area (Å²) in [6, 6.07) is 10.1. The summed E-state index contributed by atoms with van der Waals surface area (Å²) in [5.41, 5.74) is 3.27. The number of carbonyl (C=O) groups excluding carboxylic acids is 2. The topological polar surface area (TPSA) is 102 Å². The zero-order valence-electron chi connectivity index (χ0n) is 12.4. The zero-order valence-corrected chi connectivity index (χ0v) is 12.4. The molecule has 0 saturated heterocycles. The number of carbonyl (C=O) groups is 2. The molecule has 2 N–H and O–H groups in total. The van der Waals surface area contributed by atoms with Gasteiger partial charge in [-0.15, -0.1) is 10.2 Å². The number of rotatable bonds is 5. The van der Waals surface area contributed by atoms with Crippen molar-refractivity contribution in [2.45, 2.75) is 0 Å². The number of hydrogen-bond acceptors (Lipinski definition) is 5. The number of hydrogen-bond donors (Lipinski definition) is 2. The fourth-order valence-electron chi connectivity index (χ4n) is 1.94. The van der Waals surface area contributed by atoms with Crippen molar-refractivity contribution in [3.05, 3.63) is 72.7 Å². The van der Waals surface area contributed by atoms with Gasteiger partial charge >= 0.3 is 0 Å². The Bertz CT molecular complexity index is 854. The second-order valence-corrected chi connectivity index (χ2v) is 4.69. The van der Waals surface area contributed by atoms with E-state index in [-0.39, 0.29) is 5.91 Å². The van der Waals surface area contributed by atoms with Gasteiger partial charge in [0.15, 0.2) is 0 Å². The molecule has 0 radical (unpaired) electrons. The third-order valence-electron chi connectivity index (χ3n) is 3.02. The summed E-state index contributed by atoms with van der Waals surface area (Å²) in [5, 5.41) is 9.86. The minimum absolute atomic E-state index is 0.311. The lowest BCUT2D eigenvalue weighted by molar-refractivity contribution is -0.111. The van der Waals surface area contributed by atoms with E-state index in [2.05, 4.69) is 20.9 Å². The van der Waals surface area contributed by atoms with Crippen LogP contribution in [-0.4, -0.2) is 26.7 Å². The van der Waals surface area contributed by atoms with Crippen LogP contribution in [0.5, 0.6) is 0 Å². The molecular weight excluding hydrogens is 310 g/mol. The van der Waals surface area contributed by atoms with E-state index in [4.69, 9.17) is 4.42 Å². The maximum absolute atomic E-state index is 12.3. The SMILES string of the molecule is O=C(/C=C/c1ccco1)Nc1ccccc1C(=O)Nn1cnnc1. The Morgan fingerprint density at radius 2 is 1.88 bits per heavy atom. The van der Waals surface area contributed by atoms with Crippen LogP contribution in [0.15, 0.2) is 65.8 Å². The average Bonchev–Trinajstić information content (AvgIpc) is 3.27. The van der Waals surface area contributed by atoms with Crippen molar-refractivity contribution < 1.29 is 14.0 Å². The molecule has 120 valence electrons. The molecule has 0 spiro atoms. The van der Waals surface area contributed by atoms with Crippen molar-refractivity contribution >= 4 is 23.6 Å². The Kier molecular flexibility index (Phi) is 4.47. The van der Waals surface area contributed by atoms with Gasteiger partial charge < -0.3 is 9.73 Å². The number of furan rings is 1. The molecule has 0 aliphatic rings. The van der Waals surface area contributed by atoms with E-state index >= 15 is 0 Å². The van der Waals surface area contributed by atoms with E-state index in [0.29, 0.717) is 17.0 Å². The third-order valence-corrected chi connectivity index (χ3v) is 3.02. The first kappa shape index (κ1) is 15.2. The van der Waals surface area contributed by atoms with Gasteiger partial charge in [0.2, 0.25) is 5.91 Å². The van der Waals surface area contributed by atoms with Gasteiger partial charge in [0.05, 0.1) is 17.5 Å². The molecule has 2 heterocycles. The maximum Gasteiger partial charge on any atom is 0.272 e. The molecule has 0 unspecified atom stereocenters. The van der Waals surface area contributed by atoms with E-state index in [9.17, 15) is 9.59 Å². The summed E-state index contributed by atoms with van der Waals surface area (Å²) in [4.78, 5) is 24.3. The van der Waals surface area contributed by atoms with Gasteiger partial charge in [-0.3, -0.25) is 15.0 Å². The van der Waals surface area contributed by atoms with Gasteiger partial charge in [-0.05, 0) is 30.3 Å². The summed E-state index contributed by atoms with van der Waals surface area (Å²) < 4.78 is 6.43. The molecule has 2 aromatic heterocycles. The van der Waals surface area contributed by atoms with Crippen LogP contribution >= 0.6 is 0 Å². The zero-order chi connectivity index (χ0) is 16.8. The first-order chi connectivity index (χ1) is 11.7. The average molecular weight is 323 g/mol. The van der Waals surface area contributed by atoms with Crippen molar-refractivity contribution in [3.8, 4) is 0 Å². The highest BCUT2D eigenvalue weighted by Crippen LogP contribution is 2.15. The second kappa shape index (κ2) is 7.05. The van der Waals surface area contributed by atoms with Crippen LogP contribution in [0, 0.1) is 0 Å². The monoisotopic (exact) mass is 323 g/mol. The lowest BCUT2D eigenvalue weighted by Gasteiger charge is -2.10. The molecule has 0 bridgehead atoms. The van der Waals surface area contributed by atoms with Crippen LogP contribution in [0.3, 0.4) is 0 Å². The van der Waals surface area contributed by atoms with Gasteiger partial charge in [0.1, 0.15) is 18.4 Å². The Morgan fingerprint density at radius 3 is 2.62 bits per heavy atom. The van der Waals surface area contributed by atoms with Gasteiger partial charge in [-0.25, -0.2) is 4.68 Å². The van der Waals surface area contributed by atoms with Crippen LogP contribution in [-0.2, 0) is 4.79 Å². The highest BCUT2D eigenvalue weighted by atomic mass is 16.3. The minimum Gasteiger partial charge on any atom is -0.465 e. The number of anilines is 1. The van der Waals surface area contributed by atoms with E-state index < -0.39 is 5.91 Å². The van der Waals surface area contributed by atoms with Crippen molar-refractivity contribution in [3.63, 3.8) is 0 Å². The normalized spacial score (nSPS) is 10.7. The quantitative estimate of drug-likeness (QED) is 0.698. The van der Waals surface area contributed by atoms with Crippen molar-refractivity contribution in [1.82, 2.24) is 14.9 Å². The summed E-state index contributed by atoms with van der Waals surface area (Å²) in [7, 11) is 0. The number of benzene rings is 1. The predicted octanol–water partition coefficient (Wildman–Crippen LogP) is 1.91. The minimum atomic E-state index is -0.402. The molecule has 0 saturated carbocycles. The van der Waals surface area contributed by atoms with Crippen molar-refractivity contribution in [2.24, 2.45) is 0 Å². The summed E-state index contributed by atoms with van der Waals surface area (Å²) in [5.74, 6) is -0.222. The fourth-order valence-corrected chi connectivity index (χ4v) is 1.94. The second-order valence-electron chi connectivity index (χ2n) is 4.69. The number of amides is 2. The van der Waals surface area contributed by atoms with Crippen LogP contribution in [0.25, 0.3) is 6.08 Å². The lowest BCUT2D eigenvalue weighted by Crippen LogP contribution is -2.23. The number of nitrogens with zero attached hydrogens (tertiary/aromatic N) is 3. The number of aromatic nitrogens is 3. The third kappa shape index (κ3) is 3.74. The van der Waals surface area contributed by atoms with Crippen LogP contribution in [0.2, 0.25) is 0 Å². The van der Waals surface area contributed by atoms with Crippen molar-refractivity contribution in [2.75, 3.05) is 10.7 Å². The molecule has 24 heavy (non-hydrogen) atoms. The molecule has 8 heteroatoms. The Labute approximate surface area is 136 Å². The van der Waals surface area contributed by atoms with E-state index in [1.807, 2.05) is 0 Å². The molecule has 0 aliphatic heterocycles. The van der Waals surface area contributed by atoms with E-state index in [0.717, 1.165) is 0 Å². The summed E-state index contributed by atoms with van der Waals surface area (Å²) >= 11 is 0. The Morgan fingerprint density at radius 1 is 1.08 bits per heavy atom. The maximum atomic E-state index is 12.3. The molecule has 1 aromatic carbocycles. The van der Waals surface area contributed by atoms with Gasteiger partial charge in [-0.2, -0.15) is 0 Å². The van der Waals surface area contributed by atoms with Gasteiger partial charge in [0.25, 0.3) is 5.91 Å². The number of nitrogens with one attached hydrogen (secondary N) is 2. The molecule has 0 atom stereocenters. The van der Waals surface area contributed by atoms with E-state index in [1.165, 1.54) is 35.7 Å². The highest BCUT2D eigenvalue weighted by molar-refractivity contribution is 6.09. The molecule has 2 amide bonds. The van der Waals surface area contributed by atoms with Crippen molar-refractivity contribution in [1.29, 1.82) is 0 Å². The fraction of sp³-hybridized carbons (Fsp3) is 0. The molecule has 3 aromatic rings. The Balaban J connectivity index is 1.71. The predicted molar refractivity (Wildman–Crippen MR) is 86.5 cm³/mol. The van der Waals surface area contributed by atoms with Crippen LogP contribution < -0.4 is 10.7 Å². The van der Waals surface area contributed by atoms with Gasteiger partial charge in [0, 0.05) is 6.08 Å². The largest absolute Gasteiger partial charge is 0.465 e. The molecular formula is C16H13N5O3. The Hall–Kier alpha value is -3.68. The van der Waals surface area contributed by atoms with Gasteiger partial charge in [-0.1, -0.05) is 12.1 Å². The molecule has 0 aliphatic carbocycles. The summed E-state index contributed by atoms with van der Waals surface area (Å²) in [6.45, 7) is 0.